The minimum absolute atomic E-state index is 0.0920. The van der Waals surface area contributed by atoms with Crippen molar-refractivity contribution in [2.45, 2.75) is 13.0 Å². The fourth-order valence-electron chi connectivity index (χ4n) is 1.50. The third kappa shape index (κ3) is 4.25. The van der Waals surface area contributed by atoms with E-state index >= 15 is 0 Å². The van der Waals surface area contributed by atoms with Crippen LogP contribution in [-0.2, 0) is 4.79 Å². The van der Waals surface area contributed by atoms with E-state index in [4.69, 9.17) is 20.8 Å². The van der Waals surface area contributed by atoms with E-state index in [-0.39, 0.29) is 5.76 Å². The second-order valence-electron chi connectivity index (χ2n) is 4.26. The van der Waals surface area contributed by atoms with E-state index in [0.29, 0.717) is 15.2 Å². The van der Waals surface area contributed by atoms with E-state index < -0.39 is 17.9 Å². The summed E-state index contributed by atoms with van der Waals surface area (Å²) in [5, 5.41) is 0.544. The Morgan fingerprint density at radius 2 is 2.09 bits per heavy atom. The fourth-order valence-corrected chi connectivity index (χ4v) is 2.28. The first-order valence-electron chi connectivity index (χ1n) is 6.23. The van der Waals surface area contributed by atoms with Gasteiger partial charge in [0.25, 0.3) is 5.91 Å². The number of halogens is 2. The monoisotopic (exact) mass is 386 g/mol. The Kier molecular flexibility index (Phi) is 5.46. The Morgan fingerprint density at radius 1 is 1.32 bits per heavy atom. The highest BCUT2D eigenvalue weighted by Crippen LogP contribution is 2.28. The molecule has 2 rings (SSSR count). The summed E-state index contributed by atoms with van der Waals surface area (Å²) in [4.78, 5) is 23.5. The number of rotatable bonds is 4. The molecule has 0 fully saturated rings. The number of furan rings is 1. The lowest BCUT2D eigenvalue weighted by atomic mass is 10.3. The molecule has 2 amide bonds. The minimum atomic E-state index is -0.825. The average Bonchev–Trinajstić information content (AvgIpc) is 3.01. The molecule has 116 valence electrons. The van der Waals surface area contributed by atoms with Crippen molar-refractivity contribution in [2.75, 3.05) is 0 Å². The van der Waals surface area contributed by atoms with Gasteiger partial charge in [-0.15, -0.1) is 0 Å². The molecular weight excluding hydrogens is 376 g/mol. The summed E-state index contributed by atoms with van der Waals surface area (Å²) < 4.78 is 11.0. The van der Waals surface area contributed by atoms with Gasteiger partial charge in [0, 0.05) is 5.02 Å². The van der Waals surface area contributed by atoms with Gasteiger partial charge in [-0.25, -0.2) is 0 Å². The molecule has 1 aromatic heterocycles. The van der Waals surface area contributed by atoms with Crippen LogP contribution >= 0.6 is 27.5 Å². The predicted molar refractivity (Wildman–Crippen MR) is 83.6 cm³/mol. The number of carbonyl (C=O) groups excluding carboxylic acids is 2. The highest BCUT2D eigenvalue weighted by atomic mass is 79.9. The van der Waals surface area contributed by atoms with E-state index in [1.165, 1.54) is 12.3 Å². The molecule has 0 saturated carbocycles. The molecule has 2 aromatic rings. The van der Waals surface area contributed by atoms with E-state index in [1.54, 1.807) is 31.2 Å². The summed E-state index contributed by atoms with van der Waals surface area (Å²) in [5.74, 6) is -0.515. The molecule has 1 heterocycles. The second-order valence-corrected chi connectivity index (χ2v) is 5.55. The normalized spacial score (nSPS) is 11.6. The number of hydrazine groups is 1. The van der Waals surface area contributed by atoms with Crippen molar-refractivity contribution in [3.05, 3.63) is 51.9 Å². The van der Waals surface area contributed by atoms with E-state index in [1.807, 2.05) is 0 Å². The van der Waals surface area contributed by atoms with Gasteiger partial charge in [-0.3, -0.25) is 20.4 Å². The van der Waals surface area contributed by atoms with Gasteiger partial charge in [-0.2, -0.15) is 0 Å². The molecule has 0 aliphatic heterocycles. The van der Waals surface area contributed by atoms with Gasteiger partial charge < -0.3 is 9.15 Å². The van der Waals surface area contributed by atoms with Crippen LogP contribution < -0.4 is 15.6 Å². The van der Waals surface area contributed by atoms with Crippen LogP contribution in [-0.4, -0.2) is 17.9 Å². The van der Waals surface area contributed by atoms with Crippen molar-refractivity contribution >= 4 is 39.3 Å². The molecule has 0 aliphatic rings. The third-order valence-corrected chi connectivity index (χ3v) is 3.47. The maximum absolute atomic E-state index is 11.9. The number of nitrogens with one attached hydrogen (secondary N) is 2. The van der Waals surface area contributed by atoms with Crippen molar-refractivity contribution in [3.8, 4) is 5.75 Å². The molecular formula is C14H12BrClN2O4. The van der Waals surface area contributed by atoms with Crippen LogP contribution in [0.15, 0.2) is 45.5 Å². The smallest absolute Gasteiger partial charge is 0.305 e. The number of benzene rings is 1. The molecule has 1 aromatic carbocycles. The van der Waals surface area contributed by atoms with Crippen molar-refractivity contribution < 1.29 is 18.7 Å². The lowest BCUT2D eigenvalue weighted by Crippen LogP contribution is -2.47. The molecule has 2 N–H and O–H groups in total. The first kappa shape index (κ1) is 16.4. The highest BCUT2D eigenvalue weighted by Gasteiger charge is 2.17. The van der Waals surface area contributed by atoms with Crippen LogP contribution in [0.3, 0.4) is 0 Å². The van der Waals surface area contributed by atoms with Crippen LogP contribution in [0.2, 0.25) is 5.02 Å². The van der Waals surface area contributed by atoms with Crippen LogP contribution in [0.4, 0.5) is 0 Å². The molecule has 6 nitrogen and oxygen atoms in total. The topological polar surface area (TPSA) is 80.6 Å². The maximum atomic E-state index is 11.9. The largest absolute Gasteiger partial charge is 0.480 e. The maximum Gasteiger partial charge on any atom is 0.305 e. The van der Waals surface area contributed by atoms with Crippen molar-refractivity contribution in [1.29, 1.82) is 0 Å². The van der Waals surface area contributed by atoms with E-state index in [2.05, 4.69) is 26.8 Å². The average molecular weight is 388 g/mol. The molecule has 8 heteroatoms. The molecule has 0 bridgehead atoms. The van der Waals surface area contributed by atoms with Gasteiger partial charge in [0.15, 0.2) is 11.9 Å². The van der Waals surface area contributed by atoms with Crippen molar-refractivity contribution in [2.24, 2.45) is 0 Å². The Labute approximate surface area is 139 Å². The third-order valence-electron chi connectivity index (χ3n) is 2.61. The zero-order chi connectivity index (χ0) is 16.1. The van der Waals surface area contributed by atoms with Gasteiger partial charge in [-0.05, 0) is 53.2 Å². The highest BCUT2D eigenvalue weighted by molar-refractivity contribution is 9.10. The summed E-state index contributed by atoms with van der Waals surface area (Å²) in [7, 11) is 0. The van der Waals surface area contributed by atoms with Crippen LogP contribution in [0.5, 0.6) is 5.75 Å². The number of ether oxygens (including phenoxy) is 1. The van der Waals surface area contributed by atoms with Crippen LogP contribution in [0.1, 0.15) is 17.5 Å². The number of amides is 2. The van der Waals surface area contributed by atoms with Gasteiger partial charge in [0.05, 0.1) is 10.7 Å². The molecule has 0 spiro atoms. The summed E-state index contributed by atoms with van der Waals surface area (Å²) in [6.45, 7) is 1.55. The SMILES string of the molecule is CC(Oc1ccc(Cl)cc1Br)C(=O)NNC(=O)c1ccco1. The quantitative estimate of drug-likeness (QED) is 0.791. The number of hydrogen-bond donors (Lipinski definition) is 2. The summed E-state index contributed by atoms with van der Waals surface area (Å²) in [5.41, 5.74) is 4.49. The van der Waals surface area contributed by atoms with E-state index in [9.17, 15) is 9.59 Å². The van der Waals surface area contributed by atoms with E-state index in [0.717, 1.165) is 0 Å². The van der Waals surface area contributed by atoms with Gasteiger partial charge in [0.1, 0.15) is 5.75 Å². The lowest BCUT2D eigenvalue weighted by Gasteiger charge is -2.15. The van der Waals surface area contributed by atoms with Gasteiger partial charge in [0.2, 0.25) is 0 Å². The van der Waals surface area contributed by atoms with Crippen LogP contribution in [0, 0.1) is 0 Å². The standard InChI is InChI=1S/C14H12BrClN2O4/c1-8(22-11-5-4-9(16)7-10(11)15)13(19)17-18-14(20)12-3-2-6-21-12/h2-8H,1H3,(H,17,19)(H,18,20). The summed E-state index contributed by atoms with van der Waals surface area (Å²) >= 11 is 9.12. The molecule has 22 heavy (non-hydrogen) atoms. The molecule has 0 aliphatic carbocycles. The Morgan fingerprint density at radius 3 is 2.73 bits per heavy atom. The predicted octanol–water partition coefficient (Wildman–Crippen LogP) is 2.92. The molecule has 0 saturated heterocycles. The summed E-state index contributed by atoms with van der Waals surface area (Å²) in [6.07, 6.45) is 0.537. The summed E-state index contributed by atoms with van der Waals surface area (Å²) in [6, 6.07) is 7.98. The minimum Gasteiger partial charge on any atom is -0.480 e. The zero-order valence-electron chi connectivity index (χ0n) is 11.4. The fraction of sp³-hybridized carbons (Fsp3) is 0.143. The Hall–Kier alpha value is -1.99. The Bertz CT molecular complexity index is 675. The number of carbonyl (C=O) groups is 2. The van der Waals surface area contributed by atoms with Crippen LogP contribution in [0.25, 0.3) is 0 Å². The second kappa shape index (κ2) is 7.33. The molecule has 1 unspecified atom stereocenters. The van der Waals surface area contributed by atoms with Gasteiger partial charge in [-0.1, -0.05) is 11.6 Å². The first-order valence-corrected chi connectivity index (χ1v) is 7.40. The van der Waals surface area contributed by atoms with Gasteiger partial charge >= 0.3 is 5.91 Å². The lowest BCUT2D eigenvalue weighted by molar-refractivity contribution is -0.128. The zero-order valence-corrected chi connectivity index (χ0v) is 13.8. The number of hydrogen-bond acceptors (Lipinski definition) is 4. The molecule has 1 atom stereocenters. The molecule has 0 radical (unpaired) electrons. The van der Waals surface area contributed by atoms with Crippen molar-refractivity contribution in [3.63, 3.8) is 0 Å². The Balaban J connectivity index is 1.88. The van der Waals surface area contributed by atoms with Crippen molar-refractivity contribution in [1.82, 2.24) is 10.9 Å². The first-order chi connectivity index (χ1) is 10.5.